The zero-order chi connectivity index (χ0) is 12.0. The van der Waals surface area contributed by atoms with Crippen molar-refractivity contribution >= 4 is 5.91 Å². The van der Waals surface area contributed by atoms with Gasteiger partial charge >= 0.3 is 0 Å². The maximum Gasteiger partial charge on any atom is 0.254 e. The van der Waals surface area contributed by atoms with E-state index in [0.717, 1.165) is 25.2 Å². The molecule has 0 aliphatic rings. The van der Waals surface area contributed by atoms with Gasteiger partial charge in [0, 0.05) is 25.8 Å². The SMILES string of the molecule is CCCNCCNC(=O)c1cnn(C)c1C. The van der Waals surface area contributed by atoms with Crippen molar-refractivity contribution in [2.75, 3.05) is 19.6 Å². The lowest BCUT2D eigenvalue weighted by Gasteiger charge is -2.05. The van der Waals surface area contributed by atoms with Gasteiger partial charge in [0.25, 0.3) is 5.91 Å². The number of amides is 1. The summed E-state index contributed by atoms with van der Waals surface area (Å²) in [5.41, 5.74) is 1.54. The first-order chi connectivity index (χ1) is 7.66. The second kappa shape index (κ2) is 6.27. The number of nitrogens with zero attached hydrogens (tertiary/aromatic N) is 2. The molecule has 1 rings (SSSR count). The zero-order valence-corrected chi connectivity index (χ0v) is 10.2. The third-order valence-electron chi connectivity index (χ3n) is 2.49. The number of nitrogens with one attached hydrogen (secondary N) is 2. The second-order valence-corrected chi connectivity index (χ2v) is 3.77. The highest BCUT2D eigenvalue weighted by atomic mass is 16.1. The lowest BCUT2D eigenvalue weighted by molar-refractivity contribution is 0.0953. The summed E-state index contributed by atoms with van der Waals surface area (Å²) in [4.78, 5) is 11.7. The second-order valence-electron chi connectivity index (χ2n) is 3.77. The Morgan fingerprint density at radius 2 is 2.19 bits per heavy atom. The van der Waals surface area contributed by atoms with Gasteiger partial charge in [-0.05, 0) is 19.9 Å². The number of rotatable bonds is 6. The van der Waals surface area contributed by atoms with E-state index in [1.807, 2.05) is 14.0 Å². The van der Waals surface area contributed by atoms with Crippen LogP contribution in [0.15, 0.2) is 6.20 Å². The molecule has 0 aromatic carbocycles. The molecule has 16 heavy (non-hydrogen) atoms. The van der Waals surface area contributed by atoms with Gasteiger partial charge in [0.05, 0.1) is 11.8 Å². The van der Waals surface area contributed by atoms with E-state index in [1.54, 1.807) is 10.9 Å². The Bertz CT molecular complexity index is 346. The standard InChI is InChI=1S/C11H20N4O/c1-4-5-12-6-7-13-11(16)10-8-14-15(3)9(10)2/h8,12H,4-7H2,1-3H3,(H,13,16). The van der Waals surface area contributed by atoms with Gasteiger partial charge in [0.15, 0.2) is 0 Å². The summed E-state index contributed by atoms with van der Waals surface area (Å²) in [6.07, 6.45) is 2.71. The smallest absolute Gasteiger partial charge is 0.254 e. The van der Waals surface area contributed by atoms with Gasteiger partial charge in [0.2, 0.25) is 0 Å². The summed E-state index contributed by atoms with van der Waals surface area (Å²) in [5.74, 6) is -0.0519. The monoisotopic (exact) mass is 224 g/mol. The molecule has 0 radical (unpaired) electrons. The van der Waals surface area contributed by atoms with E-state index < -0.39 is 0 Å². The molecule has 0 fully saturated rings. The van der Waals surface area contributed by atoms with E-state index >= 15 is 0 Å². The first-order valence-electron chi connectivity index (χ1n) is 5.64. The van der Waals surface area contributed by atoms with Gasteiger partial charge in [-0.3, -0.25) is 9.48 Å². The van der Waals surface area contributed by atoms with Crippen LogP contribution in [0.3, 0.4) is 0 Å². The molecule has 0 saturated heterocycles. The number of carbonyl (C=O) groups is 1. The first kappa shape index (κ1) is 12.7. The molecule has 1 heterocycles. The van der Waals surface area contributed by atoms with Gasteiger partial charge in [-0.1, -0.05) is 6.92 Å². The van der Waals surface area contributed by atoms with Crippen LogP contribution < -0.4 is 10.6 Å². The Balaban J connectivity index is 2.33. The normalized spacial score (nSPS) is 10.4. The third-order valence-corrected chi connectivity index (χ3v) is 2.49. The van der Waals surface area contributed by atoms with Crippen LogP contribution in [0.1, 0.15) is 29.4 Å². The maximum absolute atomic E-state index is 11.7. The van der Waals surface area contributed by atoms with E-state index in [4.69, 9.17) is 0 Å². The van der Waals surface area contributed by atoms with Crippen molar-refractivity contribution in [3.05, 3.63) is 17.5 Å². The largest absolute Gasteiger partial charge is 0.351 e. The van der Waals surface area contributed by atoms with Crippen LogP contribution in [0.4, 0.5) is 0 Å². The molecule has 0 spiro atoms. The lowest BCUT2D eigenvalue weighted by Crippen LogP contribution is -2.32. The summed E-state index contributed by atoms with van der Waals surface area (Å²) >= 11 is 0. The van der Waals surface area contributed by atoms with E-state index in [9.17, 15) is 4.79 Å². The van der Waals surface area contributed by atoms with Crippen molar-refractivity contribution in [3.8, 4) is 0 Å². The number of aryl methyl sites for hydroxylation is 1. The summed E-state index contributed by atoms with van der Waals surface area (Å²) in [5, 5.41) is 10.1. The Labute approximate surface area is 96.2 Å². The van der Waals surface area contributed by atoms with Crippen LogP contribution >= 0.6 is 0 Å². The summed E-state index contributed by atoms with van der Waals surface area (Å²) in [7, 11) is 1.83. The molecule has 0 saturated carbocycles. The van der Waals surface area contributed by atoms with Gasteiger partial charge in [-0.25, -0.2) is 0 Å². The highest BCUT2D eigenvalue weighted by Crippen LogP contribution is 2.04. The fraction of sp³-hybridized carbons (Fsp3) is 0.636. The van der Waals surface area contributed by atoms with Crippen molar-refractivity contribution in [1.29, 1.82) is 0 Å². The fourth-order valence-electron chi connectivity index (χ4n) is 1.38. The number of hydrogen-bond donors (Lipinski definition) is 2. The fourth-order valence-corrected chi connectivity index (χ4v) is 1.38. The van der Waals surface area contributed by atoms with E-state index in [-0.39, 0.29) is 5.91 Å². The molecule has 5 nitrogen and oxygen atoms in total. The van der Waals surface area contributed by atoms with Crippen LogP contribution in [0, 0.1) is 6.92 Å². The number of hydrogen-bond acceptors (Lipinski definition) is 3. The summed E-state index contributed by atoms with van der Waals surface area (Å²) in [6, 6.07) is 0. The molecule has 0 aliphatic heterocycles. The quantitative estimate of drug-likeness (QED) is 0.690. The van der Waals surface area contributed by atoms with Crippen molar-refractivity contribution in [3.63, 3.8) is 0 Å². The van der Waals surface area contributed by atoms with Crippen LogP contribution in [0.25, 0.3) is 0 Å². The van der Waals surface area contributed by atoms with Crippen molar-refractivity contribution in [2.45, 2.75) is 20.3 Å². The van der Waals surface area contributed by atoms with Gasteiger partial charge in [-0.15, -0.1) is 0 Å². The molecule has 1 aromatic heterocycles. The van der Waals surface area contributed by atoms with Crippen LogP contribution in [0.2, 0.25) is 0 Å². The lowest BCUT2D eigenvalue weighted by atomic mass is 10.2. The number of carbonyl (C=O) groups excluding carboxylic acids is 1. The molecule has 0 atom stereocenters. The van der Waals surface area contributed by atoms with E-state index in [0.29, 0.717) is 12.1 Å². The minimum Gasteiger partial charge on any atom is -0.351 e. The third kappa shape index (κ3) is 3.34. The molecule has 0 bridgehead atoms. The molecule has 0 unspecified atom stereocenters. The van der Waals surface area contributed by atoms with Crippen LogP contribution in [0.5, 0.6) is 0 Å². The minimum absolute atomic E-state index is 0.0519. The first-order valence-corrected chi connectivity index (χ1v) is 5.64. The van der Waals surface area contributed by atoms with Crippen LogP contribution in [-0.4, -0.2) is 35.3 Å². The van der Waals surface area contributed by atoms with E-state index in [2.05, 4.69) is 22.7 Å². The predicted molar refractivity (Wildman–Crippen MR) is 63.4 cm³/mol. The molecule has 2 N–H and O–H groups in total. The maximum atomic E-state index is 11.7. The molecule has 0 aliphatic carbocycles. The van der Waals surface area contributed by atoms with E-state index in [1.165, 1.54) is 0 Å². The minimum atomic E-state index is -0.0519. The number of aromatic nitrogens is 2. The van der Waals surface area contributed by atoms with Gasteiger partial charge < -0.3 is 10.6 Å². The average molecular weight is 224 g/mol. The highest BCUT2D eigenvalue weighted by Gasteiger charge is 2.11. The van der Waals surface area contributed by atoms with Gasteiger partial charge in [0.1, 0.15) is 0 Å². The molecular formula is C11H20N4O. The average Bonchev–Trinajstić information content (AvgIpc) is 2.59. The predicted octanol–water partition coefficient (Wildman–Crippen LogP) is 0.458. The molecule has 1 aromatic rings. The molecule has 1 amide bonds. The Morgan fingerprint density at radius 1 is 1.44 bits per heavy atom. The Hall–Kier alpha value is -1.36. The highest BCUT2D eigenvalue weighted by molar-refractivity contribution is 5.94. The van der Waals surface area contributed by atoms with Gasteiger partial charge in [-0.2, -0.15) is 5.10 Å². The van der Waals surface area contributed by atoms with Crippen molar-refractivity contribution in [1.82, 2.24) is 20.4 Å². The zero-order valence-electron chi connectivity index (χ0n) is 10.2. The van der Waals surface area contributed by atoms with Crippen molar-refractivity contribution in [2.24, 2.45) is 7.05 Å². The summed E-state index contributed by atoms with van der Waals surface area (Å²) in [6.45, 7) is 6.44. The Morgan fingerprint density at radius 3 is 2.75 bits per heavy atom. The molecule has 5 heteroatoms. The van der Waals surface area contributed by atoms with Crippen molar-refractivity contribution < 1.29 is 4.79 Å². The molecular weight excluding hydrogens is 204 g/mol. The topological polar surface area (TPSA) is 58.9 Å². The summed E-state index contributed by atoms with van der Waals surface area (Å²) < 4.78 is 1.70. The molecule has 90 valence electrons. The van der Waals surface area contributed by atoms with Crippen LogP contribution in [-0.2, 0) is 7.05 Å². The Kier molecular flexibility index (Phi) is 4.98.